The van der Waals surface area contributed by atoms with Gasteiger partial charge < -0.3 is 15.4 Å². The summed E-state index contributed by atoms with van der Waals surface area (Å²) in [5, 5.41) is 14.8. The van der Waals surface area contributed by atoms with Crippen molar-refractivity contribution < 1.29 is 4.74 Å². The Morgan fingerprint density at radius 2 is 2.05 bits per heavy atom. The quantitative estimate of drug-likeness (QED) is 0.882. The molecule has 7 heteroatoms. The summed E-state index contributed by atoms with van der Waals surface area (Å²) in [6.07, 6.45) is 1.58. The Morgan fingerprint density at radius 1 is 1.29 bits per heavy atom. The van der Waals surface area contributed by atoms with Crippen LogP contribution < -0.4 is 15.4 Å². The molecule has 1 aromatic carbocycles. The second-order valence-electron chi connectivity index (χ2n) is 4.89. The number of anilines is 3. The third-order valence-electron chi connectivity index (χ3n) is 2.72. The summed E-state index contributed by atoms with van der Waals surface area (Å²) in [4.78, 5) is 4.35. The Balaban J connectivity index is 2.27. The lowest BCUT2D eigenvalue weighted by molar-refractivity contribution is 0.416. The van der Waals surface area contributed by atoms with E-state index in [4.69, 9.17) is 16.3 Å². The number of aryl methyl sites for hydroxylation is 1. The van der Waals surface area contributed by atoms with Gasteiger partial charge in [-0.15, -0.1) is 5.10 Å². The second-order valence-corrected chi connectivity index (χ2v) is 5.30. The average molecular weight is 308 g/mol. The van der Waals surface area contributed by atoms with E-state index < -0.39 is 0 Å². The predicted octanol–water partition coefficient (Wildman–Crippen LogP) is 3.41. The van der Waals surface area contributed by atoms with E-state index >= 15 is 0 Å². The Kier molecular flexibility index (Phi) is 4.80. The van der Waals surface area contributed by atoms with Crippen LogP contribution in [0.25, 0.3) is 0 Å². The monoisotopic (exact) mass is 307 g/mol. The Labute approximate surface area is 128 Å². The molecule has 0 atom stereocenters. The number of benzene rings is 1. The average Bonchev–Trinajstić information content (AvgIpc) is 2.42. The molecule has 0 saturated carbocycles. The first-order chi connectivity index (χ1) is 9.99. The molecule has 6 nitrogen and oxygen atoms in total. The summed E-state index contributed by atoms with van der Waals surface area (Å²) in [6, 6.07) is 3.90. The minimum absolute atomic E-state index is 0.266. The highest BCUT2D eigenvalue weighted by Gasteiger charge is 2.09. The predicted molar refractivity (Wildman–Crippen MR) is 84.6 cm³/mol. The molecule has 0 fully saturated rings. The zero-order valence-corrected chi connectivity index (χ0v) is 13.2. The highest BCUT2D eigenvalue weighted by molar-refractivity contribution is 6.31. The number of nitrogens with zero attached hydrogens (tertiary/aromatic N) is 3. The molecule has 21 heavy (non-hydrogen) atoms. The van der Waals surface area contributed by atoms with Crippen molar-refractivity contribution in [3.05, 3.63) is 28.9 Å². The lowest BCUT2D eigenvalue weighted by Gasteiger charge is -2.13. The number of methoxy groups -OCH3 is 1. The maximum Gasteiger partial charge on any atom is 0.249 e. The van der Waals surface area contributed by atoms with E-state index in [-0.39, 0.29) is 6.04 Å². The number of rotatable bonds is 5. The van der Waals surface area contributed by atoms with Crippen molar-refractivity contribution in [1.29, 1.82) is 0 Å². The molecule has 1 aromatic heterocycles. The summed E-state index contributed by atoms with van der Waals surface area (Å²) in [5.41, 5.74) is 1.67. The number of nitrogens with one attached hydrogen (secondary N) is 2. The Bertz CT molecular complexity index is 633. The fourth-order valence-electron chi connectivity index (χ4n) is 1.77. The van der Waals surface area contributed by atoms with Gasteiger partial charge in [-0.3, -0.25) is 0 Å². The van der Waals surface area contributed by atoms with Crippen LogP contribution in [-0.2, 0) is 0 Å². The van der Waals surface area contributed by atoms with Crippen molar-refractivity contribution in [2.24, 2.45) is 0 Å². The highest BCUT2D eigenvalue weighted by Crippen LogP contribution is 2.32. The zero-order chi connectivity index (χ0) is 15.4. The molecule has 2 N–H and O–H groups in total. The molecule has 0 unspecified atom stereocenters. The number of hydrogen-bond donors (Lipinski definition) is 2. The Hall–Kier alpha value is -2.08. The standard InChI is InChI=1S/C14H18ClN5O/c1-8(2)17-13-7-16-20-14(19-13)18-11-5-9(3)10(15)6-12(11)21-4/h5-8H,1-4H3,(H2,17,18,19,20). The van der Waals surface area contributed by atoms with Crippen molar-refractivity contribution >= 4 is 29.1 Å². The molecular formula is C14H18ClN5O. The van der Waals surface area contributed by atoms with Crippen LogP contribution in [0.15, 0.2) is 18.3 Å². The van der Waals surface area contributed by atoms with Crippen molar-refractivity contribution in [1.82, 2.24) is 15.2 Å². The van der Waals surface area contributed by atoms with E-state index in [0.717, 1.165) is 11.3 Å². The molecule has 112 valence electrons. The first kappa shape index (κ1) is 15.3. The summed E-state index contributed by atoms with van der Waals surface area (Å²) in [5.74, 6) is 1.67. The second kappa shape index (κ2) is 6.58. The van der Waals surface area contributed by atoms with Gasteiger partial charge in [-0.2, -0.15) is 10.1 Å². The van der Waals surface area contributed by atoms with Gasteiger partial charge in [-0.25, -0.2) is 0 Å². The van der Waals surface area contributed by atoms with Gasteiger partial charge in [0.1, 0.15) is 5.75 Å². The van der Waals surface area contributed by atoms with E-state index in [1.165, 1.54) is 0 Å². The SMILES string of the molecule is COc1cc(Cl)c(C)cc1Nc1nncc(NC(C)C)n1. The maximum absolute atomic E-state index is 6.09. The molecule has 0 saturated heterocycles. The van der Waals surface area contributed by atoms with Crippen LogP contribution in [0, 0.1) is 6.92 Å². The van der Waals surface area contributed by atoms with Crippen molar-refractivity contribution in [3.63, 3.8) is 0 Å². The fourth-order valence-corrected chi connectivity index (χ4v) is 1.93. The zero-order valence-electron chi connectivity index (χ0n) is 12.4. The molecule has 0 spiro atoms. The lowest BCUT2D eigenvalue weighted by atomic mass is 10.2. The number of ether oxygens (including phenoxy) is 1. The molecular weight excluding hydrogens is 290 g/mol. The molecule has 0 amide bonds. The first-order valence-electron chi connectivity index (χ1n) is 6.57. The summed E-state index contributed by atoms with van der Waals surface area (Å²) >= 11 is 6.09. The van der Waals surface area contributed by atoms with E-state index in [2.05, 4.69) is 25.8 Å². The summed E-state index contributed by atoms with van der Waals surface area (Å²) in [7, 11) is 1.59. The highest BCUT2D eigenvalue weighted by atomic mass is 35.5. The first-order valence-corrected chi connectivity index (χ1v) is 6.95. The van der Waals surface area contributed by atoms with Gasteiger partial charge in [0.05, 0.1) is 19.0 Å². The third kappa shape index (κ3) is 3.95. The van der Waals surface area contributed by atoms with Crippen LogP contribution in [0.3, 0.4) is 0 Å². The van der Waals surface area contributed by atoms with Gasteiger partial charge in [-0.1, -0.05) is 11.6 Å². The van der Waals surface area contributed by atoms with E-state index in [0.29, 0.717) is 22.5 Å². The normalized spacial score (nSPS) is 10.6. The van der Waals surface area contributed by atoms with Gasteiger partial charge in [0, 0.05) is 17.1 Å². The molecule has 0 aliphatic carbocycles. The van der Waals surface area contributed by atoms with Gasteiger partial charge in [0.25, 0.3) is 0 Å². The van der Waals surface area contributed by atoms with Crippen LogP contribution in [0.1, 0.15) is 19.4 Å². The van der Waals surface area contributed by atoms with Crippen LogP contribution in [-0.4, -0.2) is 28.3 Å². The number of halogens is 1. The number of aromatic nitrogens is 3. The number of hydrogen-bond acceptors (Lipinski definition) is 6. The van der Waals surface area contributed by atoms with Gasteiger partial charge >= 0.3 is 0 Å². The summed E-state index contributed by atoms with van der Waals surface area (Å²) in [6.45, 7) is 5.98. The maximum atomic E-state index is 6.09. The molecule has 1 heterocycles. The third-order valence-corrected chi connectivity index (χ3v) is 3.13. The lowest BCUT2D eigenvalue weighted by Crippen LogP contribution is -2.12. The molecule has 0 aliphatic rings. The topological polar surface area (TPSA) is 72.0 Å². The van der Waals surface area contributed by atoms with E-state index in [1.54, 1.807) is 19.4 Å². The van der Waals surface area contributed by atoms with Crippen LogP contribution in [0.4, 0.5) is 17.5 Å². The smallest absolute Gasteiger partial charge is 0.249 e. The molecule has 0 bridgehead atoms. The van der Waals surface area contributed by atoms with Crippen molar-refractivity contribution in [3.8, 4) is 5.75 Å². The van der Waals surface area contributed by atoms with Crippen molar-refractivity contribution in [2.75, 3.05) is 17.7 Å². The molecule has 0 radical (unpaired) electrons. The largest absolute Gasteiger partial charge is 0.495 e. The van der Waals surface area contributed by atoms with Gasteiger partial charge in [0.15, 0.2) is 5.82 Å². The van der Waals surface area contributed by atoms with Gasteiger partial charge in [0.2, 0.25) is 5.95 Å². The van der Waals surface area contributed by atoms with Crippen LogP contribution in [0.5, 0.6) is 5.75 Å². The van der Waals surface area contributed by atoms with E-state index in [9.17, 15) is 0 Å². The van der Waals surface area contributed by atoms with Crippen LogP contribution in [0.2, 0.25) is 5.02 Å². The van der Waals surface area contributed by atoms with E-state index in [1.807, 2.05) is 26.8 Å². The minimum Gasteiger partial charge on any atom is -0.495 e. The molecule has 0 aliphatic heterocycles. The van der Waals surface area contributed by atoms with Gasteiger partial charge in [-0.05, 0) is 32.4 Å². The van der Waals surface area contributed by atoms with Crippen molar-refractivity contribution in [2.45, 2.75) is 26.8 Å². The fraction of sp³-hybridized carbons (Fsp3) is 0.357. The summed E-state index contributed by atoms with van der Waals surface area (Å²) < 4.78 is 5.31. The minimum atomic E-state index is 0.266. The molecule has 2 rings (SSSR count). The van der Waals surface area contributed by atoms with Crippen LogP contribution >= 0.6 is 11.6 Å². The molecule has 2 aromatic rings. The Morgan fingerprint density at radius 3 is 2.71 bits per heavy atom.